The molecule has 0 saturated carbocycles. The number of hydrogen-bond acceptors (Lipinski definition) is 2. The van der Waals surface area contributed by atoms with E-state index in [2.05, 4.69) is 0 Å². The van der Waals surface area contributed by atoms with Crippen LogP contribution < -0.4 is 5.73 Å². The van der Waals surface area contributed by atoms with E-state index in [1.807, 2.05) is 37.3 Å². The maximum absolute atomic E-state index is 13.2. The van der Waals surface area contributed by atoms with Gasteiger partial charge in [-0.1, -0.05) is 48.9 Å². The molecule has 0 aliphatic rings. The summed E-state index contributed by atoms with van der Waals surface area (Å²) in [7, 11) is -1.35. The van der Waals surface area contributed by atoms with Gasteiger partial charge in [0.1, 0.15) is 5.82 Å². The van der Waals surface area contributed by atoms with Crippen molar-refractivity contribution in [2.45, 2.75) is 29.5 Å². The van der Waals surface area contributed by atoms with Gasteiger partial charge in [-0.3, -0.25) is 4.21 Å². The van der Waals surface area contributed by atoms with Gasteiger partial charge in [0.25, 0.3) is 0 Å². The average Bonchev–Trinajstić information content (AvgIpc) is 2.51. The molecule has 0 aliphatic heterocycles. The van der Waals surface area contributed by atoms with E-state index in [9.17, 15) is 8.60 Å². The van der Waals surface area contributed by atoms with Gasteiger partial charge in [-0.2, -0.15) is 0 Å². The molecule has 0 saturated heterocycles. The number of rotatable bonds is 5. The van der Waals surface area contributed by atoms with Crippen molar-refractivity contribution in [3.8, 4) is 0 Å². The monoisotopic (exact) mass is 325 g/mol. The van der Waals surface area contributed by atoms with Gasteiger partial charge in [0, 0.05) is 10.9 Å². The lowest BCUT2D eigenvalue weighted by Gasteiger charge is -2.22. The maximum Gasteiger partial charge on any atom is 0.141 e. The van der Waals surface area contributed by atoms with Crippen molar-refractivity contribution < 1.29 is 8.60 Å². The van der Waals surface area contributed by atoms with Gasteiger partial charge in [0.2, 0.25) is 0 Å². The molecule has 0 amide bonds. The first-order valence-electron chi connectivity index (χ1n) is 6.70. The molecule has 5 heteroatoms. The second-order valence-electron chi connectivity index (χ2n) is 4.76. The number of nitrogens with two attached hydrogens (primary N) is 1. The zero-order valence-electron chi connectivity index (χ0n) is 11.6. The third-order valence-corrected chi connectivity index (χ3v) is 5.57. The SMILES string of the molecule is CCC(C(N)c1ccccc1)S(=O)c1ccc(F)c(Cl)c1. The molecule has 0 radical (unpaired) electrons. The minimum absolute atomic E-state index is 0.0241. The maximum atomic E-state index is 13.2. The zero-order chi connectivity index (χ0) is 15.4. The Kier molecular flexibility index (Phi) is 5.51. The Morgan fingerprint density at radius 3 is 2.48 bits per heavy atom. The predicted octanol–water partition coefficient (Wildman–Crippen LogP) is 4.07. The topological polar surface area (TPSA) is 43.1 Å². The molecule has 21 heavy (non-hydrogen) atoms. The van der Waals surface area contributed by atoms with Gasteiger partial charge in [0.05, 0.1) is 21.1 Å². The predicted molar refractivity (Wildman–Crippen MR) is 85.3 cm³/mol. The van der Waals surface area contributed by atoms with E-state index in [1.54, 1.807) is 0 Å². The molecule has 3 atom stereocenters. The normalized spacial score (nSPS) is 15.4. The molecule has 0 spiro atoms. The Labute approximate surface area is 131 Å². The van der Waals surface area contributed by atoms with Gasteiger partial charge < -0.3 is 5.73 Å². The van der Waals surface area contributed by atoms with Crippen LogP contribution in [0.25, 0.3) is 0 Å². The molecule has 0 heterocycles. The molecule has 2 rings (SSSR count). The number of benzene rings is 2. The van der Waals surface area contributed by atoms with Crippen molar-refractivity contribution in [2.24, 2.45) is 5.73 Å². The molecular formula is C16H17ClFNOS. The fourth-order valence-electron chi connectivity index (χ4n) is 2.21. The van der Waals surface area contributed by atoms with E-state index in [-0.39, 0.29) is 16.3 Å². The molecule has 112 valence electrons. The first kappa shape index (κ1) is 16.1. The van der Waals surface area contributed by atoms with Crippen LogP contribution in [0.1, 0.15) is 24.9 Å². The summed E-state index contributed by atoms with van der Waals surface area (Å²) in [5, 5.41) is -0.280. The van der Waals surface area contributed by atoms with Crippen LogP contribution in [0, 0.1) is 5.82 Å². The molecule has 0 bridgehead atoms. The lowest BCUT2D eigenvalue weighted by molar-refractivity contribution is 0.610. The number of hydrogen-bond donors (Lipinski definition) is 1. The van der Waals surface area contributed by atoms with Gasteiger partial charge >= 0.3 is 0 Å². The molecular weight excluding hydrogens is 309 g/mol. The summed E-state index contributed by atoms with van der Waals surface area (Å²) in [6.45, 7) is 1.94. The third kappa shape index (κ3) is 3.70. The van der Waals surface area contributed by atoms with Crippen LogP contribution in [-0.2, 0) is 10.8 Å². The van der Waals surface area contributed by atoms with Crippen LogP contribution in [0.5, 0.6) is 0 Å². The van der Waals surface area contributed by atoms with E-state index in [0.717, 1.165) is 5.56 Å². The summed E-state index contributed by atoms with van der Waals surface area (Å²) in [5.74, 6) is -0.516. The quantitative estimate of drug-likeness (QED) is 0.900. The highest BCUT2D eigenvalue weighted by atomic mass is 35.5. The van der Waals surface area contributed by atoms with E-state index in [4.69, 9.17) is 17.3 Å². The Bertz CT molecular complexity index is 635. The lowest BCUT2D eigenvalue weighted by atomic mass is 10.0. The van der Waals surface area contributed by atoms with E-state index in [1.165, 1.54) is 18.2 Å². The summed E-state index contributed by atoms with van der Waals surface area (Å²) in [6.07, 6.45) is 0.650. The summed E-state index contributed by atoms with van der Waals surface area (Å²) in [6, 6.07) is 13.3. The lowest BCUT2D eigenvalue weighted by Crippen LogP contribution is -2.29. The molecule has 0 aromatic heterocycles. The third-order valence-electron chi connectivity index (χ3n) is 3.39. The van der Waals surface area contributed by atoms with Gasteiger partial charge in [-0.15, -0.1) is 0 Å². The van der Waals surface area contributed by atoms with E-state index in [0.29, 0.717) is 11.3 Å². The van der Waals surface area contributed by atoms with Crippen molar-refractivity contribution in [1.82, 2.24) is 0 Å². The van der Waals surface area contributed by atoms with Crippen LogP contribution in [-0.4, -0.2) is 9.46 Å². The second-order valence-corrected chi connectivity index (χ2v) is 6.84. The summed E-state index contributed by atoms with van der Waals surface area (Å²) in [5.41, 5.74) is 7.19. The van der Waals surface area contributed by atoms with Crippen LogP contribution in [0.4, 0.5) is 4.39 Å². The summed E-state index contributed by atoms with van der Waals surface area (Å²) in [4.78, 5) is 0.500. The Morgan fingerprint density at radius 2 is 1.90 bits per heavy atom. The number of halogens is 2. The Hall–Kier alpha value is -1.23. The van der Waals surface area contributed by atoms with E-state index < -0.39 is 16.6 Å². The van der Waals surface area contributed by atoms with Crippen LogP contribution >= 0.6 is 11.6 Å². The molecule has 2 nitrogen and oxygen atoms in total. The van der Waals surface area contributed by atoms with Crippen molar-refractivity contribution in [1.29, 1.82) is 0 Å². The minimum Gasteiger partial charge on any atom is -0.323 e. The standard InChI is InChI=1S/C16H17ClFNOS/c1-2-15(16(19)11-6-4-3-5-7-11)21(20)12-8-9-14(18)13(17)10-12/h3-10,15-16H,2,19H2,1H3. The molecule has 3 unspecified atom stereocenters. The highest BCUT2D eigenvalue weighted by molar-refractivity contribution is 7.85. The van der Waals surface area contributed by atoms with Gasteiger partial charge in [0.15, 0.2) is 0 Å². The molecule has 2 N–H and O–H groups in total. The van der Waals surface area contributed by atoms with Crippen molar-refractivity contribution >= 4 is 22.4 Å². The van der Waals surface area contributed by atoms with E-state index >= 15 is 0 Å². The first-order valence-corrected chi connectivity index (χ1v) is 8.29. The highest BCUT2D eigenvalue weighted by Crippen LogP contribution is 2.27. The molecule has 0 aliphatic carbocycles. The average molecular weight is 326 g/mol. The highest BCUT2D eigenvalue weighted by Gasteiger charge is 2.25. The fraction of sp³-hybridized carbons (Fsp3) is 0.250. The van der Waals surface area contributed by atoms with Gasteiger partial charge in [-0.05, 0) is 30.2 Å². The van der Waals surface area contributed by atoms with Crippen molar-refractivity contribution in [3.05, 3.63) is 64.9 Å². The molecule has 2 aromatic rings. The Morgan fingerprint density at radius 1 is 1.24 bits per heavy atom. The van der Waals surface area contributed by atoms with Crippen LogP contribution in [0.2, 0.25) is 5.02 Å². The first-order chi connectivity index (χ1) is 10.0. The largest absolute Gasteiger partial charge is 0.323 e. The van der Waals surface area contributed by atoms with Crippen molar-refractivity contribution in [3.63, 3.8) is 0 Å². The van der Waals surface area contributed by atoms with Crippen LogP contribution in [0.15, 0.2) is 53.4 Å². The Balaban J connectivity index is 2.28. The van der Waals surface area contributed by atoms with Gasteiger partial charge in [-0.25, -0.2) is 4.39 Å². The van der Waals surface area contributed by atoms with Crippen molar-refractivity contribution in [2.75, 3.05) is 0 Å². The molecule has 0 fully saturated rings. The smallest absolute Gasteiger partial charge is 0.141 e. The molecule has 2 aromatic carbocycles. The summed E-state index contributed by atoms with van der Waals surface area (Å²) < 4.78 is 25.9. The van der Waals surface area contributed by atoms with Crippen LogP contribution in [0.3, 0.4) is 0 Å². The fourth-order valence-corrected chi connectivity index (χ4v) is 3.96. The second kappa shape index (κ2) is 7.16. The zero-order valence-corrected chi connectivity index (χ0v) is 13.2. The minimum atomic E-state index is -1.35. The summed E-state index contributed by atoms with van der Waals surface area (Å²) >= 11 is 5.76.